The van der Waals surface area contributed by atoms with Crippen molar-refractivity contribution in [2.24, 2.45) is 0 Å². The van der Waals surface area contributed by atoms with E-state index in [4.69, 9.17) is 5.11 Å². The third-order valence-corrected chi connectivity index (χ3v) is 5.17. The molecule has 2 aromatic heterocycles. The van der Waals surface area contributed by atoms with E-state index < -0.39 is 5.97 Å². The highest BCUT2D eigenvalue weighted by molar-refractivity contribution is 8.76. The molecule has 0 aliphatic rings. The summed E-state index contributed by atoms with van der Waals surface area (Å²) in [6.07, 6.45) is 3.93. The largest absolute Gasteiger partial charge is 0.481 e. The van der Waals surface area contributed by atoms with Gasteiger partial charge in [0.1, 0.15) is 0 Å². The summed E-state index contributed by atoms with van der Waals surface area (Å²) in [5.74, 6) is 0.469. The Morgan fingerprint density at radius 1 is 1.14 bits per heavy atom. The van der Waals surface area contributed by atoms with E-state index >= 15 is 0 Å². The Balaban J connectivity index is 1.71. The van der Waals surface area contributed by atoms with Gasteiger partial charge < -0.3 is 14.8 Å². The molecule has 2 aromatic rings. The van der Waals surface area contributed by atoms with Gasteiger partial charge in [-0.25, -0.2) is 0 Å². The first kappa shape index (κ1) is 15.8. The number of carbonyl (C=O) groups is 2. The summed E-state index contributed by atoms with van der Waals surface area (Å²) in [4.78, 5) is 22.4. The van der Waals surface area contributed by atoms with Crippen molar-refractivity contribution in [1.82, 2.24) is 9.72 Å². The first-order chi connectivity index (χ1) is 10.2. The highest BCUT2D eigenvalue weighted by Gasteiger charge is 2.10. The van der Waals surface area contributed by atoms with Crippen LogP contribution >= 0.6 is 21.6 Å². The SMILES string of the molecule is O=C(O)CCSSCCNC(=O)c1ccn2ccccc12. The first-order valence-electron chi connectivity index (χ1n) is 6.48. The van der Waals surface area contributed by atoms with Crippen molar-refractivity contribution in [3.05, 3.63) is 42.2 Å². The molecule has 0 saturated carbocycles. The van der Waals surface area contributed by atoms with Crippen LogP contribution in [0.15, 0.2) is 36.7 Å². The van der Waals surface area contributed by atoms with Crippen molar-refractivity contribution in [3.8, 4) is 0 Å². The number of fused-ring (bicyclic) bond motifs is 1. The second kappa shape index (κ2) is 7.99. The van der Waals surface area contributed by atoms with E-state index in [1.165, 1.54) is 10.8 Å². The average molecular weight is 324 g/mol. The molecule has 0 unspecified atom stereocenters. The zero-order valence-electron chi connectivity index (χ0n) is 11.3. The number of amides is 1. The quantitative estimate of drug-likeness (QED) is 0.577. The fourth-order valence-electron chi connectivity index (χ4n) is 1.79. The number of nitrogens with zero attached hydrogens (tertiary/aromatic N) is 1. The molecule has 0 aliphatic heterocycles. The lowest BCUT2D eigenvalue weighted by Crippen LogP contribution is -2.25. The molecule has 0 radical (unpaired) electrons. The number of carboxylic acid groups (broad SMARTS) is 1. The number of carbonyl (C=O) groups excluding carboxylic acids is 1. The maximum atomic E-state index is 12.1. The van der Waals surface area contributed by atoms with Gasteiger partial charge in [-0.2, -0.15) is 0 Å². The normalized spacial score (nSPS) is 10.7. The van der Waals surface area contributed by atoms with E-state index in [0.29, 0.717) is 17.9 Å². The number of carboxylic acids is 1. The maximum Gasteiger partial charge on any atom is 0.304 e. The Morgan fingerprint density at radius 3 is 2.76 bits per heavy atom. The maximum absolute atomic E-state index is 12.1. The van der Waals surface area contributed by atoms with Crippen LogP contribution in [0, 0.1) is 0 Å². The molecule has 0 atom stereocenters. The molecule has 0 fully saturated rings. The van der Waals surface area contributed by atoms with E-state index in [1.54, 1.807) is 16.9 Å². The number of pyridine rings is 1. The molecule has 2 N–H and O–H groups in total. The molecule has 1 amide bonds. The highest BCUT2D eigenvalue weighted by atomic mass is 33.1. The van der Waals surface area contributed by atoms with Crippen LogP contribution in [0.5, 0.6) is 0 Å². The molecule has 112 valence electrons. The van der Waals surface area contributed by atoms with Crippen LogP contribution in [0.25, 0.3) is 5.52 Å². The van der Waals surface area contributed by atoms with E-state index in [-0.39, 0.29) is 12.3 Å². The van der Waals surface area contributed by atoms with Gasteiger partial charge in [-0.15, -0.1) is 0 Å². The summed E-state index contributed by atoms with van der Waals surface area (Å²) in [5.41, 5.74) is 1.55. The van der Waals surface area contributed by atoms with Crippen molar-refractivity contribution in [2.45, 2.75) is 6.42 Å². The Hall–Kier alpha value is -1.60. The second-order valence-corrected chi connectivity index (χ2v) is 6.97. The van der Waals surface area contributed by atoms with E-state index in [0.717, 1.165) is 11.3 Å². The van der Waals surface area contributed by atoms with Crippen molar-refractivity contribution < 1.29 is 14.7 Å². The summed E-state index contributed by atoms with van der Waals surface area (Å²) in [7, 11) is 3.09. The number of aliphatic carboxylic acids is 1. The minimum absolute atomic E-state index is 0.0835. The summed E-state index contributed by atoms with van der Waals surface area (Å²) in [5, 5.41) is 11.4. The summed E-state index contributed by atoms with van der Waals surface area (Å²) >= 11 is 0. The van der Waals surface area contributed by atoms with Crippen molar-refractivity contribution in [3.63, 3.8) is 0 Å². The lowest BCUT2D eigenvalue weighted by Gasteiger charge is -2.04. The van der Waals surface area contributed by atoms with Crippen LogP contribution in [0.4, 0.5) is 0 Å². The minimum Gasteiger partial charge on any atom is -0.481 e. The third-order valence-electron chi connectivity index (χ3n) is 2.77. The van der Waals surface area contributed by atoms with Gasteiger partial charge in [0.2, 0.25) is 0 Å². The molecule has 21 heavy (non-hydrogen) atoms. The first-order valence-corrected chi connectivity index (χ1v) is 8.97. The molecule has 0 aliphatic carbocycles. The Morgan fingerprint density at radius 2 is 1.95 bits per heavy atom. The topological polar surface area (TPSA) is 70.8 Å². The Labute approximate surface area is 130 Å². The van der Waals surface area contributed by atoms with Crippen LogP contribution in [0.3, 0.4) is 0 Å². The molecule has 2 rings (SSSR count). The van der Waals surface area contributed by atoms with Crippen LogP contribution in [-0.4, -0.2) is 39.4 Å². The molecular weight excluding hydrogens is 308 g/mol. The Kier molecular flexibility index (Phi) is 6.01. The standard InChI is InChI=1S/C14H16N2O3S2/c17-13(18)5-9-20-21-10-6-15-14(19)11-4-8-16-7-2-1-3-12(11)16/h1-4,7-8H,5-6,9-10H2,(H,15,19)(H,17,18). The predicted octanol–water partition coefficient (Wildman–Crippen LogP) is 2.53. The van der Waals surface area contributed by atoms with E-state index in [9.17, 15) is 9.59 Å². The van der Waals surface area contributed by atoms with E-state index in [2.05, 4.69) is 5.32 Å². The van der Waals surface area contributed by atoms with Gasteiger partial charge in [-0.1, -0.05) is 27.7 Å². The van der Waals surface area contributed by atoms with Gasteiger partial charge in [0.25, 0.3) is 5.91 Å². The molecule has 0 saturated heterocycles. The van der Waals surface area contributed by atoms with Crippen LogP contribution < -0.4 is 5.32 Å². The number of hydrogen-bond acceptors (Lipinski definition) is 4. The Bertz CT molecular complexity index is 627. The summed E-state index contributed by atoms with van der Waals surface area (Å²) in [6, 6.07) is 7.53. The molecule has 0 spiro atoms. The molecule has 0 aromatic carbocycles. The lowest BCUT2D eigenvalue weighted by molar-refractivity contribution is -0.136. The number of rotatable bonds is 8. The van der Waals surface area contributed by atoms with Gasteiger partial charge >= 0.3 is 5.97 Å². The fraction of sp³-hybridized carbons (Fsp3) is 0.286. The fourth-order valence-corrected chi connectivity index (χ4v) is 3.68. The highest BCUT2D eigenvalue weighted by Crippen LogP contribution is 2.21. The van der Waals surface area contributed by atoms with Gasteiger partial charge in [0, 0.05) is 30.4 Å². The number of hydrogen-bond donors (Lipinski definition) is 2. The van der Waals surface area contributed by atoms with Crippen LogP contribution in [-0.2, 0) is 4.79 Å². The van der Waals surface area contributed by atoms with Crippen molar-refractivity contribution >= 4 is 39.0 Å². The van der Waals surface area contributed by atoms with Gasteiger partial charge in [0.15, 0.2) is 0 Å². The van der Waals surface area contributed by atoms with Gasteiger partial charge in [-0.05, 0) is 18.2 Å². The van der Waals surface area contributed by atoms with Crippen LogP contribution in [0.2, 0.25) is 0 Å². The van der Waals surface area contributed by atoms with Crippen molar-refractivity contribution in [2.75, 3.05) is 18.1 Å². The molecule has 7 heteroatoms. The molecule has 0 bridgehead atoms. The molecule has 5 nitrogen and oxygen atoms in total. The minimum atomic E-state index is -0.781. The predicted molar refractivity (Wildman–Crippen MR) is 86.9 cm³/mol. The zero-order valence-corrected chi connectivity index (χ0v) is 13.0. The van der Waals surface area contributed by atoms with Gasteiger partial charge in [0.05, 0.1) is 17.5 Å². The summed E-state index contributed by atoms with van der Waals surface area (Å²) < 4.78 is 1.91. The molecular formula is C14H16N2O3S2. The molecule has 2 heterocycles. The van der Waals surface area contributed by atoms with Gasteiger partial charge in [-0.3, -0.25) is 9.59 Å². The second-order valence-electron chi connectivity index (χ2n) is 4.27. The number of aromatic nitrogens is 1. The monoisotopic (exact) mass is 324 g/mol. The van der Waals surface area contributed by atoms with Crippen molar-refractivity contribution in [1.29, 1.82) is 0 Å². The summed E-state index contributed by atoms with van der Waals surface area (Å²) in [6.45, 7) is 0.563. The zero-order chi connectivity index (χ0) is 15.1. The van der Waals surface area contributed by atoms with Crippen LogP contribution in [0.1, 0.15) is 16.8 Å². The van der Waals surface area contributed by atoms with E-state index in [1.807, 2.05) is 35.0 Å². The number of nitrogens with one attached hydrogen (secondary N) is 1. The third kappa shape index (κ3) is 4.71. The average Bonchev–Trinajstić information content (AvgIpc) is 2.89. The lowest BCUT2D eigenvalue weighted by atomic mass is 10.2. The smallest absolute Gasteiger partial charge is 0.304 e.